The molecule has 6 N–H and O–H groups in total. The number of anilines is 1. The molecule has 18 heteroatoms. The highest BCUT2D eigenvalue weighted by Crippen LogP contribution is 2.38. The molecule has 1 aliphatic rings. The Hall–Kier alpha value is -5.55. The van der Waals surface area contributed by atoms with Crippen LogP contribution < -0.4 is 21.1 Å². The van der Waals surface area contributed by atoms with Crippen molar-refractivity contribution < 1.29 is 36.8 Å². The minimum absolute atomic E-state index is 0.0460. The van der Waals surface area contributed by atoms with E-state index in [4.69, 9.17) is 31.4 Å². The monoisotopic (exact) mass is 786 g/mol. The summed E-state index contributed by atoms with van der Waals surface area (Å²) >= 11 is 0.880. The average molecular weight is 787 g/mol. The summed E-state index contributed by atoms with van der Waals surface area (Å²) in [6.07, 6.45) is 4.23. The van der Waals surface area contributed by atoms with Crippen molar-refractivity contribution in [3.8, 4) is 17.1 Å². The highest BCUT2D eigenvalue weighted by molar-refractivity contribution is 7.94. The summed E-state index contributed by atoms with van der Waals surface area (Å²) in [7, 11) is -4.07. The number of primary sulfonamides is 1. The number of rotatable bonds is 12. The van der Waals surface area contributed by atoms with Crippen LogP contribution in [0.2, 0.25) is 0 Å². The Morgan fingerprint density at radius 3 is 2.56 bits per heavy atom. The van der Waals surface area contributed by atoms with Crippen molar-refractivity contribution in [3.05, 3.63) is 95.0 Å². The molecule has 16 nitrogen and oxygen atoms in total. The molecule has 1 amide bonds. The summed E-state index contributed by atoms with van der Waals surface area (Å²) in [5.74, 6) is 5.24. The highest BCUT2D eigenvalue weighted by Gasteiger charge is 2.35. The second-order valence-electron chi connectivity index (χ2n) is 13.4. The molecule has 0 radical (unpaired) electrons. The van der Waals surface area contributed by atoms with Crippen molar-refractivity contribution in [2.75, 3.05) is 5.32 Å². The van der Waals surface area contributed by atoms with Gasteiger partial charge in [0.2, 0.25) is 15.7 Å². The number of nitrogens with two attached hydrogens (primary N) is 2. The van der Waals surface area contributed by atoms with E-state index in [9.17, 15) is 18.0 Å². The Morgan fingerprint density at radius 1 is 1.11 bits per heavy atom. The van der Waals surface area contributed by atoms with E-state index in [2.05, 4.69) is 51.0 Å². The Bertz CT molecular complexity index is 2430. The SMILES string of the molecule is [C-]#[N+]c1cn2nc(-c3cc(N=COc4cccc(SOON)c4)c(C)c(NC(=O)c4cccc(S(N)(=O)=O)c4)c3)[nH]c2c1C(=O)OC1C(C)CC(C)CC1C. The molecule has 0 bridgehead atoms. The number of nitrogens with one attached hydrogen (secondary N) is 2. The Morgan fingerprint density at radius 2 is 1.85 bits per heavy atom. The third kappa shape index (κ3) is 8.89. The fraction of sp³-hybridized carbons (Fsp3) is 0.270. The van der Waals surface area contributed by atoms with Crippen LogP contribution in [0.1, 0.15) is 59.9 Å². The fourth-order valence-corrected chi connectivity index (χ4v) is 7.84. The van der Waals surface area contributed by atoms with Crippen LogP contribution in [0.3, 0.4) is 0 Å². The molecule has 2 aromatic heterocycles. The van der Waals surface area contributed by atoms with Crippen LogP contribution in [0.15, 0.2) is 81.6 Å². The van der Waals surface area contributed by atoms with Gasteiger partial charge in [0.05, 0.1) is 29.2 Å². The molecule has 1 saturated carbocycles. The largest absolute Gasteiger partial charge is 0.459 e. The van der Waals surface area contributed by atoms with E-state index < -0.39 is 21.9 Å². The number of aliphatic imine (C=N–C) groups is 1. The van der Waals surface area contributed by atoms with Gasteiger partial charge in [0.25, 0.3) is 5.91 Å². The zero-order valence-electron chi connectivity index (χ0n) is 30.2. The topological polar surface area (TPSA) is 219 Å². The zero-order valence-corrected chi connectivity index (χ0v) is 31.8. The lowest BCUT2D eigenvalue weighted by Gasteiger charge is -2.37. The molecular formula is C37H38N8O8S2. The van der Waals surface area contributed by atoms with Gasteiger partial charge in [0, 0.05) is 27.9 Å². The van der Waals surface area contributed by atoms with E-state index >= 15 is 0 Å². The van der Waals surface area contributed by atoms with Gasteiger partial charge in [0.1, 0.15) is 23.1 Å². The standard InChI is InChI=1S/C37H38N8O8S2/c1-20-12-21(2)33(22(3)13-20)51-37(47)32-31(40-5)18-45-35(32)43-34(44-45)25-15-29(41-19-50-26-9-7-10-27(17-26)54-53-52-38)23(4)30(16-25)42-36(46)24-8-6-11-28(14-24)55(39,48)49/h6-11,14-22,33H,12-13,38H2,1-4H3,(H,42,46)(H,43,44)(H2,39,48,49). The minimum Gasteiger partial charge on any atom is -0.459 e. The molecule has 0 saturated heterocycles. The van der Waals surface area contributed by atoms with Gasteiger partial charge < -0.3 is 19.8 Å². The first-order valence-electron chi connectivity index (χ1n) is 17.0. The maximum absolute atomic E-state index is 13.7. The maximum atomic E-state index is 13.7. The second kappa shape index (κ2) is 16.4. The number of H-pyrrole nitrogens is 1. The van der Waals surface area contributed by atoms with E-state index in [1.54, 1.807) is 43.3 Å². The Kier molecular flexibility index (Phi) is 11.7. The van der Waals surface area contributed by atoms with Crippen molar-refractivity contribution in [2.24, 2.45) is 33.8 Å². The summed E-state index contributed by atoms with van der Waals surface area (Å²) < 4.78 is 41.9. The van der Waals surface area contributed by atoms with Gasteiger partial charge in [-0.25, -0.2) is 32.7 Å². The smallest absolute Gasteiger partial charge is 0.331 e. The second-order valence-corrected chi connectivity index (χ2v) is 15.8. The quantitative estimate of drug-likeness (QED) is 0.0194. The Balaban J connectivity index is 1.36. The van der Waals surface area contributed by atoms with Crippen molar-refractivity contribution in [1.82, 2.24) is 14.6 Å². The lowest BCUT2D eigenvalue weighted by molar-refractivity contribution is -0.195. The molecule has 3 aromatic carbocycles. The number of aromatic amines is 1. The highest BCUT2D eigenvalue weighted by atomic mass is 32.2. The number of sulfonamides is 1. The predicted molar refractivity (Wildman–Crippen MR) is 205 cm³/mol. The molecule has 2 unspecified atom stereocenters. The molecular weight excluding hydrogens is 749 g/mol. The number of carbonyl (C=O) groups excluding carboxylic acids is 2. The molecule has 0 spiro atoms. The van der Waals surface area contributed by atoms with Crippen LogP contribution in [0, 0.1) is 31.2 Å². The first-order chi connectivity index (χ1) is 26.2. The first-order valence-corrected chi connectivity index (χ1v) is 19.3. The molecule has 5 aromatic rings. The van der Waals surface area contributed by atoms with E-state index in [1.165, 1.54) is 41.4 Å². The lowest BCUT2D eigenvalue weighted by Crippen LogP contribution is -2.37. The van der Waals surface area contributed by atoms with E-state index in [1.807, 2.05) is 0 Å². The number of aromatic nitrogens is 3. The predicted octanol–water partition coefficient (Wildman–Crippen LogP) is 6.88. The van der Waals surface area contributed by atoms with Crippen LogP contribution in [0.5, 0.6) is 5.75 Å². The number of carbonyl (C=O) groups is 2. The molecule has 6 rings (SSSR count). The third-order valence-electron chi connectivity index (χ3n) is 9.33. The normalized spacial score (nSPS) is 18.6. The van der Waals surface area contributed by atoms with Crippen LogP contribution in [-0.4, -0.2) is 47.4 Å². The zero-order chi connectivity index (χ0) is 39.4. The van der Waals surface area contributed by atoms with Crippen molar-refractivity contribution in [2.45, 2.75) is 56.4 Å². The molecule has 1 fully saturated rings. The molecule has 0 aliphatic heterocycles. The summed E-state index contributed by atoms with van der Waals surface area (Å²) in [6.45, 7) is 15.8. The van der Waals surface area contributed by atoms with E-state index in [0.717, 1.165) is 24.9 Å². The summed E-state index contributed by atoms with van der Waals surface area (Å²) in [5.41, 5.74) is 2.11. The number of nitrogens with zero attached hydrogens (tertiary/aromatic N) is 4. The summed E-state index contributed by atoms with van der Waals surface area (Å²) in [6, 6.07) is 15.5. The van der Waals surface area contributed by atoms with Crippen molar-refractivity contribution >= 4 is 63.1 Å². The Labute approximate surface area is 321 Å². The molecule has 2 heterocycles. The van der Waals surface area contributed by atoms with Gasteiger partial charge in [-0.05, 0) is 91.6 Å². The number of ether oxygens (including phenoxy) is 2. The molecule has 55 heavy (non-hydrogen) atoms. The fourth-order valence-electron chi connectivity index (χ4n) is 6.86. The molecule has 286 valence electrons. The van der Waals surface area contributed by atoms with Crippen LogP contribution in [0.25, 0.3) is 21.9 Å². The maximum Gasteiger partial charge on any atom is 0.331 e. The lowest BCUT2D eigenvalue weighted by atomic mass is 9.75. The first kappa shape index (κ1) is 39.2. The third-order valence-corrected chi connectivity index (χ3v) is 10.8. The van der Waals surface area contributed by atoms with E-state index in [0.29, 0.717) is 39.1 Å². The number of fused-ring (bicyclic) bond motifs is 1. The number of esters is 1. The van der Waals surface area contributed by atoms with Crippen LogP contribution >= 0.6 is 12.0 Å². The van der Waals surface area contributed by atoms with Crippen LogP contribution in [0.4, 0.5) is 17.1 Å². The number of benzene rings is 3. The summed E-state index contributed by atoms with van der Waals surface area (Å²) in [5, 5.41) is 12.8. The minimum atomic E-state index is -4.07. The van der Waals surface area contributed by atoms with Gasteiger partial charge in [-0.3, -0.25) is 4.79 Å². The van der Waals surface area contributed by atoms with Gasteiger partial charge in [-0.15, -0.1) is 14.4 Å². The number of amides is 1. The van der Waals surface area contributed by atoms with Gasteiger partial charge in [0.15, 0.2) is 12.2 Å². The van der Waals surface area contributed by atoms with Gasteiger partial charge >= 0.3 is 5.97 Å². The van der Waals surface area contributed by atoms with E-state index in [-0.39, 0.29) is 51.1 Å². The van der Waals surface area contributed by atoms with Crippen molar-refractivity contribution in [3.63, 3.8) is 0 Å². The number of hydrogen-bond donors (Lipinski definition) is 4. The van der Waals surface area contributed by atoms with Gasteiger partial charge in [-0.2, -0.15) is 5.90 Å². The summed E-state index contributed by atoms with van der Waals surface area (Å²) in [4.78, 5) is 43.0. The molecule has 1 aliphatic carbocycles. The van der Waals surface area contributed by atoms with Crippen molar-refractivity contribution in [1.29, 1.82) is 0 Å². The molecule has 2 atom stereocenters. The van der Waals surface area contributed by atoms with Crippen LogP contribution in [-0.2, 0) is 24.1 Å². The number of hydrogen-bond acceptors (Lipinski definition) is 12. The average Bonchev–Trinajstić information content (AvgIpc) is 3.71. The van der Waals surface area contributed by atoms with Gasteiger partial charge in [-0.1, -0.05) is 32.9 Å².